The van der Waals surface area contributed by atoms with E-state index in [1.54, 1.807) is 19.1 Å². The molecule has 0 spiro atoms. The maximum Gasteiger partial charge on any atom is 0.201 e. The molecule has 0 atom stereocenters. The van der Waals surface area contributed by atoms with Gasteiger partial charge < -0.3 is 4.74 Å². The molecule has 0 radical (unpaired) electrons. The van der Waals surface area contributed by atoms with Gasteiger partial charge in [0.1, 0.15) is 0 Å². The summed E-state index contributed by atoms with van der Waals surface area (Å²) < 4.78 is 33.4. The molecule has 0 N–H and O–H groups in total. The normalized spacial score (nSPS) is 22.0. The van der Waals surface area contributed by atoms with Crippen molar-refractivity contribution in [3.8, 4) is 5.75 Å². The van der Waals surface area contributed by atoms with Crippen molar-refractivity contribution in [2.45, 2.75) is 51.4 Å². The molecule has 22 heavy (non-hydrogen) atoms. The van der Waals surface area contributed by atoms with Crippen LogP contribution in [0.15, 0.2) is 37.1 Å². The van der Waals surface area contributed by atoms with Crippen molar-refractivity contribution in [1.82, 2.24) is 0 Å². The van der Waals surface area contributed by atoms with Crippen molar-refractivity contribution < 1.29 is 13.5 Å². The molecule has 0 aliphatic heterocycles. The van der Waals surface area contributed by atoms with Crippen LogP contribution in [-0.4, -0.2) is 0 Å². The molecule has 1 aromatic rings. The first-order valence-corrected chi connectivity index (χ1v) is 8.04. The lowest BCUT2D eigenvalue weighted by Gasteiger charge is -2.29. The van der Waals surface area contributed by atoms with E-state index in [9.17, 15) is 8.78 Å². The van der Waals surface area contributed by atoms with E-state index in [0.29, 0.717) is 11.5 Å². The fraction of sp³-hybridized carbons (Fsp3) is 0.474. The standard InChI is InChI=1S/C19H24F2O/c1-3-5-6-14-7-9-15(10-8-14)16-11-12-17(22-13-4-2)19(21)18(16)20/h3-4,11-15H,1,5-10H2,2H3/b13-4+. The van der Waals surface area contributed by atoms with Crippen LogP contribution in [0.3, 0.4) is 0 Å². The highest BCUT2D eigenvalue weighted by molar-refractivity contribution is 5.33. The maximum absolute atomic E-state index is 14.3. The quantitative estimate of drug-likeness (QED) is 0.454. The van der Waals surface area contributed by atoms with Gasteiger partial charge in [-0.2, -0.15) is 4.39 Å². The number of hydrogen-bond acceptors (Lipinski definition) is 1. The summed E-state index contributed by atoms with van der Waals surface area (Å²) in [5.74, 6) is -0.885. The van der Waals surface area contributed by atoms with Crippen molar-refractivity contribution in [2.24, 2.45) is 5.92 Å². The second-order valence-electron chi connectivity index (χ2n) is 5.95. The van der Waals surface area contributed by atoms with Gasteiger partial charge in [-0.05, 0) is 68.9 Å². The summed E-state index contributed by atoms with van der Waals surface area (Å²) in [6.45, 7) is 5.51. The second kappa shape index (κ2) is 8.11. The average molecular weight is 306 g/mol. The Morgan fingerprint density at radius 1 is 1.18 bits per heavy atom. The first-order valence-electron chi connectivity index (χ1n) is 8.04. The summed E-state index contributed by atoms with van der Waals surface area (Å²) in [7, 11) is 0. The fourth-order valence-electron chi connectivity index (χ4n) is 3.21. The van der Waals surface area contributed by atoms with Crippen LogP contribution in [0.4, 0.5) is 8.78 Å². The number of halogens is 2. The van der Waals surface area contributed by atoms with Gasteiger partial charge >= 0.3 is 0 Å². The summed E-state index contributed by atoms with van der Waals surface area (Å²) in [5, 5.41) is 0. The summed E-state index contributed by atoms with van der Waals surface area (Å²) >= 11 is 0. The van der Waals surface area contributed by atoms with Crippen molar-refractivity contribution in [2.75, 3.05) is 0 Å². The molecular formula is C19H24F2O. The lowest BCUT2D eigenvalue weighted by Crippen LogP contribution is -2.15. The molecule has 1 aliphatic rings. The summed E-state index contributed by atoms with van der Waals surface area (Å²) in [5.41, 5.74) is 0.493. The highest BCUT2D eigenvalue weighted by Gasteiger charge is 2.26. The third-order valence-electron chi connectivity index (χ3n) is 4.47. The van der Waals surface area contributed by atoms with E-state index in [-0.39, 0.29) is 11.7 Å². The van der Waals surface area contributed by atoms with Gasteiger partial charge in [0.15, 0.2) is 11.6 Å². The van der Waals surface area contributed by atoms with Gasteiger partial charge in [0.25, 0.3) is 0 Å². The number of benzene rings is 1. The molecule has 3 heteroatoms. The lowest BCUT2D eigenvalue weighted by molar-refractivity contribution is 0.305. The molecule has 0 heterocycles. The van der Waals surface area contributed by atoms with Gasteiger partial charge in [-0.3, -0.25) is 0 Å². The molecule has 0 unspecified atom stereocenters. The van der Waals surface area contributed by atoms with Crippen molar-refractivity contribution in [3.63, 3.8) is 0 Å². The Balaban J connectivity index is 2.04. The minimum absolute atomic E-state index is 0.0565. The predicted molar refractivity (Wildman–Crippen MR) is 85.9 cm³/mol. The topological polar surface area (TPSA) is 9.23 Å². The zero-order valence-electron chi connectivity index (χ0n) is 13.2. The molecule has 1 fully saturated rings. The Morgan fingerprint density at radius 2 is 1.91 bits per heavy atom. The van der Waals surface area contributed by atoms with Gasteiger partial charge in [-0.25, -0.2) is 4.39 Å². The van der Waals surface area contributed by atoms with Crippen LogP contribution in [0.2, 0.25) is 0 Å². The zero-order chi connectivity index (χ0) is 15.9. The molecular weight excluding hydrogens is 282 g/mol. The van der Waals surface area contributed by atoms with E-state index in [1.807, 2.05) is 6.08 Å². The van der Waals surface area contributed by atoms with E-state index >= 15 is 0 Å². The maximum atomic E-state index is 14.3. The Hall–Kier alpha value is -1.64. The van der Waals surface area contributed by atoms with Crippen molar-refractivity contribution in [1.29, 1.82) is 0 Å². The van der Waals surface area contributed by atoms with Gasteiger partial charge in [0.05, 0.1) is 6.26 Å². The van der Waals surface area contributed by atoms with E-state index in [0.717, 1.165) is 38.5 Å². The second-order valence-corrected chi connectivity index (χ2v) is 5.95. The van der Waals surface area contributed by atoms with Crippen LogP contribution in [-0.2, 0) is 0 Å². The summed E-state index contributed by atoms with van der Waals surface area (Å²) in [4.78, 5) is 0. The largest absolute Gasteiger partial charge is 0.462 e. The minimum Gasteiger partial charge on any atom is -0.462 e. The van der Waals surface area contributed by atoms with E-state index in [2.05, 4.69) is 6.58 Å². The molecule has 0 saturated heterocycles. The van der Waals surface area contributed by atoms with Crippen LogP contribution in [0.5, 0.6) is 5.75 Å². The smallest absolute Gasteiger partial charge is 0.201 e. The van der Waals surface area contributed by atoms with Crippen LogP contribution in [0.1, 0.15) is 56.9 Å². The molecule has 1 aromatic carbocycles. The van der Waals surface area contributed by atoms with Crippen LogP contribution in [0.25, 0.3) is 0 Å². The van der Waals surface area contributed by atoms with Crippen LogP contribution >= 0.6 is 0 Å². The Bertz CT molecular complexity index is 528. The fourth-order valence-corrected chi connectivity index (χ4v) is 3.21. The number of ether oxygens (including phenoxy) is 1. The third kappa shape index (κ3) is 3.96. The molecule has 0 amide bonds. The van der Waals surface area contributed by atoms with Crippen LogP contribution in [0, 0.1) is 17.6 Å². The third-order valence-corrected chi connectivity index (χ3v) is 4.47. The summed E-state index contributed by atoms with van der Waals surface area (Å²) in [6.07, 6.45) is 11.1. The van der Waals surface area contributed by atoms with Gasteiger partial charge in [0.2, 0.25) is 5.82 Å². The van der Waals surface area contributed by atoms with E-state index < -0.39 is 11.6 Å². The molecule has 0 bridgehead atoms. The first-order chi connectivity index (χ1) is 10.7. The van der Waals surface area contributed by atoms with E-state index in [4.69, 9.17) is 4.74 Å². The molecule has 1 saturated carbocycles. The Kier molecular flexibility index (Phi) is 6.17. The van der Waals surface area contributed by atoms with Gasteiger partial charge in [-0.1, -0.05) is 18.2 Å². The monoisotopic (exact) mass is 306 g/mol. The minimum atomic E-state index is -0.885. The Morgan fingerprint density at radius 3 is 2.55 bits per heavy atom. The molecule has 120 valence electrons. The average Bonchev–Trinajstić information content (AvgIpc) is 2.55. The van der Waals surface area contributed by atoms with Crippen molar-refractivity contribution in [3.05, 3.63) is 54.3 Å². The highest BCUT2D eigenvalue weighted by atomic mass is 19.2. The van der Waals surface area contributed by atoms with Gasteiger partial charge in [-0.15, -0.1) is 6.58 Å². The van der Waals surface area contributed by atoms with Crippen LogP contribution < -0.4 is 4.74 Å². The predicted octanol–water partition coefficient (Wildman–Crippen LogP) is 6.12. The Labute approximate surface area is 131 Å². The SMILES string of the molecule is C=CCCC1CCC(c2ccc(O/C=C/C)c(F)c2F)CC1. The zero-order valence-corrected chi connectivity index (χ0v) is 13.2. The molecule has 0 aromatic heterocycles. The molecule has 1 aliphatic carbocycles. The first kappa shape index (κ1) is 16.7. The summed E-state index contributed by atoms with van der Waals surface area (Å²) in [6, 6.07) is 3.20. The number of allylic oxidation sites excluding steroid dienone is 2. The van der Waals surface area contributed by atoms with Crippen molar-refractivity contribution >= 4 is 0 Å². The molecule has 1 nitrogen and oxygen atoms in total. The lowest BCUT2D eigenvalue weighted by atomic mass is 9.77. The highest BCUT2D eigenvalue weighted by Crippen LogP contribution is 2.39. The number of hydrogen-bond donors (Lipinski definition) is 0. The van der Waals surface area contributed by atoms with Gasteiger partial charge in [0, 0.05) is 0 Å². The van der Waals surface area contributed by atoms with E-state index in [1.165, 1.54) is 12.3 Å². The number of rotatable bonds is 6. The molecule has 2 rings (SSSR count).